The zero-order valence-electron chi connectivity index (χ0n) is 13.7. The van der Waals surface area contributed by atoms with E-state index in [0.717, 1.165) is 0 Å². The van der Waals surface area contributed by atoms with Crippen LogP contribution in [0.3, 0.4) is 0 Å². The molecular formula is C18H14Cl2N4O2. The highest BCUT2D eigenvalue weighted by atomic mass is 35.5. The van der Waals surface area contributed by atoms with Gasteiger partial charge in [0, 0.05) is 5.69 Å². The van der Waals surface area contributed by atoms with Crippen molar-refractivity contribution in [1.29, 1.82) is 0 Å². The van der Waals surface area contributed by atoms with E-state index in [-0.39, 0.29) is 11.6 Å². The van der Waals surface area contributed by atoms with Crippen LogP contribution in [0.1, 0.15) is 10.5 Å². The second kappa shape index (κ2) is 8.03. The fourth-order valence-electron chi connectivity index (χ4n) is 2.13. The summed E-state index contributed by atoms with van der Waals surface area (Å²) >= 11 is 12.2. The van der Waals surface area contributed by atoms with Crippen molar-refractivity contribution in [3.05, 3.63) is 70.3 Å². The summed E-state index contributed by atoms with van der Waals surface area (Å²) in [6.45, 7) is 0. The first-order valence-corrected chi connectivity index (χ1v) is 8.32. The van der Waals surface area contributed by atoms with Crippen LogP contribution >= 0.6 is 23.2 Å². The Labute approximate surface area is 160 Å². The van der Waals surface area contributed by atoms with Crippen LogP contribution < -0.4 is 15.4 Å². The Hall–Kier alpha value is -2.83. The molecule has 0 aliphatic heterocycles. The van der Waals surface area contributed by atoms with Crippen LogP contribution in [0.5, 0.6) is 5.75 Å². The number of hydrogen-bond acceptors (Lipinski definition) is 5. The number of ether oxygens (including phenoxy) is 1. The first-order chi connectivity index (χ1) is 12.6. The monoisotopic (exact) mass is 388 g/mol. The predicted molar refractivity (Wildman–Crippen MR) is 103 cm³/mol. The van der Waals surface area contributed by atoms with Gasteiger partial charge in [-0.05, 0) is 48.5 Å². The number of benzene rings is 2. The molecule has 0 saturated carbocycles. The molecule has 3 rings (SSSR count). The Kier molecular flexibility index (Phi) is 5.55. The molecule has 1 amide bonds. The van der Waals surface area contributed by atoms with Crippen LogP contribution in [-0.4, -0.2) is 23.2 Å². The van der Waals surface area contributed by atoms with E-state index in [9.17, 15) is 4.79 Å². The number of para-hydroxylation sites is 1. The van der Waals surface area contributed by atoms with Gasteiger partial charge in [0.2, 0.25) is 0 Å². The zero-order chi connectivity index (χ0) is 18.5. The van der Waals surface area contributed by atoms with Crippen LogP contribution in [0.25, 0.3) is 0 Å². The fourth-order valence-corrected chi connectivity index (χ4v) is 2.63. The molecule has 0 aliphatic rings. The molecule has 2 aromatic carbocycles. The fraction of sp³-hybridized carbons (Fsp3) is 0.0556. The van der Waals surface area contributed by atoms with Crippen LogP contribution in [-0.2, 0) is 0 Å². The molecule has 0 atom stereocenters. The number of carbonyl (C=O) groups excluding carboxylic acids is 1. The van der Waals surface area contributed by atoms with E-state index in [1.165, 1.54) is 0 Å². The van der Waals surface area contributed by atoms with Crippen LogP contribution in [0.15, 0.2) is 54.6 Å². The lowest BCUT2D eigenvalue weighted by atomic mass is 10.3. The molecule has 8 heteroatoms. The number of aromatic nitrogens is 2. The molecule has 0 fully saturated rings. The van der Waals surface area contributed by atoms with E-state index >= 15 is 0 Å². The molecule has 0 aliphatic carbocycles. The van der Waals surface area contributed by atoms with Gasteiger partial charge in [0.25, 0.3) is 5.91 Å². The van der Waals surface area contributed by atoms with Crippen molar-refractivity contribution < 1.29 is 9.53 Å². The summed E-state index contributed by atoms with van der Waals surface area (Å²) in [5, 5.41) is 14.6. The summed E-state index contributed by atoms with van der Waals surface area (Å²) < 4.78 is 5.08. The highest BCUT2D eigenvalue weighted by molar-refractivity contribution is 6.39. The van der Waals surface area contributed by atoms with E-state index in [4.69, 9.17) is 27.9 Å². The summed E-state index contributed by atoms with van der Waals surface area (Å²) in [6, 6.07) is 15.3. The Morgan fingerprint density at radius 3 is 2.23 bits per heavy atom. The molecule has 6 nitrogen and oxygen atoms in total. The van der Waals surface area contributed by atoms with Gasteiger partial charge in [-0.3, -0.25) is 4.79 Å². The number of carbonyl (C=O) groups is 1. The third-order valence-electron chi connectivity index (χ3n) is 3.46. The number of halogens is 2. The predicted octanol–water partition coefficient (Wildman–Crippen LogP) is 4.79. The average Bonchev–Trinajstić information content (AvgIpc) is 2.66. The van der Waals surface area contributed by atoms with Gasteiger partial charge in [-0.25, -0.2) is 0 Å². The molecule has 0 bridgehead atoms. The van der Waals surface area contributed by atoms with Gasteiger partial charge in [-0.2, -0.15) is 0 Å². The normalized spacial score (nSPS) is 10.3. The number of rotatable bonds is 5. The molecule has 132 valence electrons. The minimum Gasteiger partial charge on any atom is -0.497 e. The van der Waals surface area contributed by atoms with Gasteiger partial charge < -0.3 is 15.4 Å². The van der Waals surface area contributed by atoms with Crippen LogP contribution in [0.4, 0.5) is 17.2 Å². The van der Waals surface area contributed by atoms with Gasteiger partial charge in [0.15, 0.2) is 11.5 Å². The zero-order valence-corrected chi connectivity index (χ0v) is 15.2. The highest BCUT2D eigenvalue weighted by Crippen LogP contribution is 2.31. The van der Waals surface area contributed by atoms with Gasteiger partial charge in [0.05, 0.1) is 22.8 Å². The summed E-state index contributed by atoms with van der Waals surface area (Å²) in [4.78, 5) is 12.2. The number of nitrogens with one attached hydrogen (secondary N) is 2. The third-order valence-corrected chi connectivity index (χ3v) is 4.09. The summed E-state index contributed by atoms with van der Waals surface area (Å²) in [5.41, 5.74) is 1.33. The molecule has 3 aromatic rings. The summed E-state index contributed by atoms with van der Waals surface area (Å²) in [6.07, 6.45) is 0. The minimum absolute atomic E-state index is 0.177. The standard InChI is InChI=1S/C18H14Cl2N4O2/c1-26-12-7-5-11(6-8-12)21-18(25)15-9-10-16(24-23-15)22-17-13(19)3-2-4-14(17)20/h2-10H,1H3,(H,21,25)(H,22,24). The third kappa shape index (κ3) is 4.22. The van der Waals surface area contributed by atoms with E-state index in [0.29, 0.717) is 33.0 Å². The molecule has 26 heavy (non-hydrogen) atoms. The second-order valence-corrected chi connectivity index (χ2v) is 6.02. The lowest BCUT2D eigenvalue weighted by Gasteiger charge is -2.09. The minimum atomic E-state index is -0.370. The lowest BCUT2D eigenvalue weighted by molar-refractivity contribution is 0.102. The lowest BCUT2D eigenvalue weighted by Crippen LogP contribution is -2.14. The topological polar surface area (TPSA) is 76.1 Å². The van der Waals surface area contributed by atoms with Crippen molar-refractivity contribution >= 4 is 46.3 Å². The van der Waals surface area contributed by atoms with E-state index in [1.807, 2.05) is 0 Å². The van der Waals surface area contributed by atoms with Crippen molar-refractivity contribution in [2.24, 2.45) is 0 Å². The molecular weight excluding hydrogens is 375 g/mol. The average molecular weight is 389 g/mol. The van der Waals surface area contributed by atoms with Crippen molar-refractivity contribution in [2.45, 2.75) is 0 Å². The quantitative estimate of drug-likeness (QED) is 0.656. The molecule has 0 unspecified atom stereocenters. The van der Waals surface area contributed by atoms with Gasteiger partial charge in [-0.1, -0.05) is 29.3 Å². The largest absolute Gasteiger partial charge is 0.497 e. The summed E-state index contributed by atoms with van der Waals surface area (Å²) in [7, 11) is 1.58. The number of nitrogens with zero attached hydrogens (tertiary/aromatic N) is 2. The number of methoxy groups -OCH3 is 1. The number of anilines is 3. The number of hydrogen-bond donors (Lipinski definition) is 2. The van der Waals surface area contributed by atoms with Crippen molar-refractivity contribution in [3.63, 3.8) is 0 Å². The van der Waals surface area contributed by atoms with Crippen molar-refractivity contribution in [1.82, 2.24) is 10.2 Å². The van der Waals surface area contributed by atoms with E-state index in [1.54, 1.807) is 61.7 Å². The maximum atomic E-state index is 12.2. The maximum Gasteiger partial charge on any atom is 0.276 e. The van der Waals surface area contributed by atoms with Gasteiger partial charge in [0.1, 0.15) is 5.75 Å². The summed E-state index contributed by atoms with van der Waals surface area (Å²) in [5.74, 6) is 0.752. The number of amides is 1. The van der Waals surface area contributed by atoms with Crippen molar-refractivity contribution in [3.8, 4) is 5.75 Å². The molecule has 0 spiro atoms. The molecule has 1 heterocycles. The Bertz CT molecular complexity index is 895. The second-order valence-electron chi connectivity index (χ2n) is 5.21. The highest BCUT2D eigenvalue weighted by Gasteiger charge is 2.11. The van der Waals surface area contributed by atoms with Crippen molar-refractivity contribution in [2.75, 3.05) is 17.7 Å². The maximum absolute atomic E-state index is 12.2. The van der Waals surface area contributed by atoms with E-state index in [2.05, 4.69) is 20.8 Å². The molecule has 0 radical (unpaired) electrons. The first-order valence-electron chi connectivity index (χ1n) is 7.57. The molecule has 1 aromatic heterocycles. The Morgan fingerprint density at radius 1 is 0.962 bits per heavy atom. The van der Waals surface area contributed by atoms with Crippen LogP contribution in [0.2, 0.25) is 10.0 Å². The molecule has 2 N–H and O–H groups in total. The Balaban J connectivity index is 1.69. The smallest absolute Gasteiger partial charge is 0.276 e. The van der Waals surface area contributed by atoms with Gasteiger partial charge >= 0.3 is 0 Å². The first kappa shape index (κ1) is 18.0. The Morgan fingerprint density at radius 2 is 1.65 bits per heavy atom. The van der Waals surface area contributed by atoms with E-state index < -0.39 is 0 Å². The SMILES string of the molecule is COc1ccc(NC(=O)c2ccc(Nc3c(Cl)cccc3Cl)nn2)cc1. The van der Waals surface area contributed by atoms with Gasteiger partial charge in [-0.15, -0.1) is 10.2 Å². The molecule has 0 saturated heterocycles. The van der Waals surface area contributed by atoms with Crippen LogP contribution in [0, 0.1) is 0 Å².